The fourth-order valence-corrected chi connectivity index (χ4v) is 3.15. The van der Waals surface area contributed by atoms with Gasteiger partial charge in [0.25, 0.3) is 11.8 Å². The molecule has 7 heteroatoms. The number of nitrogens with one attached hydrogen (secondary N) is 1. The number of hydrogen-bond acceptors (Lipinski definition) is 4. The zero-order valence-corrected chi connectivity index (χ0v) is 13.6. The zero-order chi connectivity index (χ0) is 17.8. The first-order chi connectivity index (χ1) is 11.1. The molecule has 2 heterocycles. The molecule has 1 N–H and O–H groups in total. The minimum absolute atomic E-state index is 0.0328. The average Bonchev–Trinajstić information content (AvgIpc) is 2.70. The van der Waals surface area contributed by atoms with Gasteiger partial charge in [-0.05, 0) is 29.5 Å². The summed E-state index contributed by atoms with van der Waals surface area (Å²) < 4.78 is 13.9. The Balaban J connectivity index is 2.09. The van der Waals surface area contributed by atoms with Crippen molar-refractivity contribution >= 4 is 23.6 Å². The molecule has 1 aromatic carbocycles. The number of fused-ring (bicyclic) bond motifs is 1. The van der Waals surface area contributed by atoms with Crippen molar-refractivity contribution in [2.24, 2.45) is 0 Å². The van der Waals surface area contributed by atoms with Crippen molar-refractivity contribution in [3.8, 4) is 0 Å². The van der Waals surface area contributed by atoms with Gasteiger partial charge in [-0.25, -0.2) is 4.39 Å². The summed E-state index contributed by atoms with van der Waals surface area (Å²) in [6, 6.07) is 1.22. The molecule has 0 aliphatic carbocycles. The lowest BCUT2D eigenvalue weighted by Gasteiger charge is -2.28. The maximum absolute atomic E-state index is 13.9. The number of benzene rings is 1. The van der Waals surface area contributed by atoms with Crippen LogP contribution in [0.1, 0.15) is 59.9 Å². The molecule has 0 radical (unpaired) electrons. The van der Waals surface area contributed by atoms with Crippen LogP contribution in [-0.2, 0) is 15.0 Å². The second-order valence-electron chi connectivity index (χ2n) is 7.07. The maximum Gasteiger partial charge on any atom is 0.262 e. The summed E-state index contributed by atoms with van der Waals surface area (Å²) in [5.74, 6) is -3.04. The Morgan fingerprint density at radius 2 is 1.79 bits per heavy atom. The second kappa shape index (κ2) is 5.22. The predicted molar refractivity (Wildman–Crippen MR) is 81.8 cm³/mol. The Kier molecular flexibility index (Phi) is 3.55. The van der Waals surface area contributed by atoms with E-state index in [1.165, 1.54) is 6.07 Å². The molecule has 126 valence electrons. The van der Waals surface area contributed by atoms with Gasteiger partial charge in [0.2, 0.25) is 11.8 Å². The number of rotatable bonds is 1. The molecule has 6 nitrogen and oxygen atoms in total. The third-order valence-electron chi connectivity index (χ3n) is 4.31. The molecular weight excluding hydrogens is 315 g/mol. The molecule has 0 aromatic heterocycles. The van der Waals surface area contributed by atoms with Crippen LogP contribution in [0.2, 0.25) is 0 Å². The highest BCUT2D eigenvalue weighted by Crippen LogP contribution is 2.36. The third-order valence-corrected chi connectivity index (χ3v) is 4.31. The molecular formula is C17H17FN2O4. The lowest BCUT2D eigenvalue weighted by molar-refractivity contribution is -0.136. The van der Waals surface area contributed by atoms with Crippen molar-refractivity contribution in [1.82, 2.24) is 10.2 Å². The molecule has 2 aliphatic heterocycles. The molecule has 1 unspecified atom stereocenters. The Labute approximate surface area is 138 Å². The van der Waals surface area contributed by atoms with Crippen LogP contribution >= 0.6 is 0 Å². The summed E-state index contributed by atoms with van der Waals surface area (Å²) in [5.41, 5.74) is -0.0259. The number of carbonyl (C=O) groups excluding carboxylic acids is 4. The minimum atomic E-state index is -1.05. The highest BCUT2D eigenvalue weighted by atomic mass is 19.1. The van der Waals surface area contributed by atoms with Crippen molar-refractivity contribution in [2.45, 2.75) is 45.1 Å². The summed E-state index contributed by atoms with van der Waals surface area (Å²) in [6.45, 7) is 5.44. The smallest absolute Gasteiger partial charge is 0.262 e. The van der Waals surface area contributed by atoms with Crippen LogP contribution < -0.4 is 5.32 Å². The van der Waals surface area contributed by atoms with Gasteiger partial charge in [0.15, 0.2) is 0 Å². The fraction of sp³-hybridized carbons (Fsp3) is 0.412. The van der Waals surface area contributed by atoms with E-state index >= 15 is 0 Å². The lowest BCUT2D eigenvalue weighted by Crippen LogP contribution is -2.54. The van der Waals surface area contributed by atoms with Crippen molar-refractivity contribution in [3.05, 3.63) is 34.6 Å². The van der Waals surface area contributed by atoms with E-state index in [2.05, 4.69) is 5.32 Å². The van der Waals surface area contributed by atoms with Gasteiger partial charge >= 0.3 is 0 Å². The standard InChI is InChI=1S/C17H17FN2O4/c1-17(2,3)10-7-8(18)6-9-13(10)16(24)20(15(9)23)11-4-5-12(21)19-14(11)22/h6-7,11H,4-5H2,1-3H3,(H,19,21,22). The summed E-state index contributed by atoms with van der Waals surface area (Å²) in [6.07, 6.45) is 0.119. The van der Waals surface area contributed by atoms with Crippen molar-refractivity contribution in [2.75, 3.05) is 0 Å². The largest absolute Gasteiger partial charge is 0.295 e. The van der Waals surface area contributed by atoms with E-state index in [0.717, 1.165) is 11.0 Å². The van der Waals surface area contributed by atoms with Gasteiger partial charge in [0.1, 0.15) is 11.9 Å². The molecule has 3 rings (SSSR count). The summed E-state index contributed by atoms with van der Waals surface area (Å²) in [4.78, 5) is 49.6. The van der Waals surface area contributed by atoms with Crippen LogP contribution in [0.25, 0.3) is 0 Å². The zero-order valence-electron chi connectivity index (χ0n) is 13.6. The van der Waals surface area contributed by atoms with E-state index in [4.69, 9.17) is 0 Å². The summed E-state index contributed by atoms with van der Waals surface area (Å²) in [5, 5.41) is 2.13. The minimum Gasteiger partial charge on any atom is -0.295 e. The highest BCUT2D eigenvalue weighted by molar-refractivity contribution is 6.24. The van der Waals surface area contributed by atoms with Gasteiger partial charge < -0.3 is 0 Å². The topological polar surface area (TPSA) is 83.6 Å². The van der Waals surface area contributed by atoms with Crippen LogP contribution in [0.5, 0.6) is 0 Å². The molecule has 4 amide bonds. The first-order valence-corrected chi connectivity index (χ1v) is 7.67. The number of carbonyl (C=O) groups is 4. The molecule has 1 fully saturated rings. The third kappa shape index (κ3) is 2.40. The van der Waals surface area contributed by atoms with Gasteiger partial charge in [0, 0.05) is 6.42 Å². The number of imide groups is 2. The van der Waals surface area contributed by atoms with Gasteiger partial charge in [-0.3, -0.25) is 29.4 Å². The Hall–Kier alpha value is -2.57. The van der Waals surface area contributed by atoms with E-state index in [0.29, 0.717) is 5.56 Å². The maximum atomic E-state index is 13.9. The van der Waals surface area contributed by atoms with Crippen molar-refractivity contribution in [1.29, 1.82) is 0 Å². The van der Waals surface area contributed by atoms with Crippen LogP contribution in [0.4, 0.5) is 4.39 Å². The first kappa shape index (κ1) is 16.3. The molecule has 0 bridgehead atoms. The molecule has 2 aliphatic rings. The van der Waals surface area contributed by atoms with Crippen LogP contribution in [0, 0.1) is 5.82 Å². The molecule has 1 atom stereocenters. The molecule has 0 spiro atoms. The quantitative estimate of drug-likeness (QED) is 0.791. The fourth-order valence-electron chi connectivity index (χ4n) is 3.15. The summed E-state index contributed by atoms with van der Waals surface area (Å²) in [7, 11) is 0. The molecule has 1 aromatic rings. The average molecular weight is 332 g/mol. The predicted octanol–water partition coefficient (Wildman–Crippen LogP) is 1.52. The van der Waals surface area contributed by atoms with Crippen molar-refractivity contribution < 1.29 is 23.6 Å². The van der Waals surface area contributed by atoms with Gasteiger partial charge in [-0.1, -0.05) is 20.8 Å². The number of nitrogens with zero attached hydrogens (tertiary/aromatic N) is 1. The molecule has 1 saturated heterocycles. The Morgan fingerprint density at radius 1 is 1.12 bits per heavy atom. The Morgan fingerprint density at radius 3 is 2.38 bits per heavy atom. The second-order valence-corrected chi connectivity index (χ2v) is 7.07. The SMILES string of the molecule is CC(C)(C)c1cc(F)cc2c1C(=O)N(C1CCC(=O)NC1=O)C2=O. The normalized spacial score (nSPS) is 21.2. The van der Waals surface area contributed by atoms with Crippen molar-refractivity contribution in [3.63, 3.8) is 0 Å². The van der Waals surface area contributed by atoms with Crippen LogP contribution in [-0.4, -0.2) is 34.6 Å². The van der Waals surface area contributed by atoms with E-state index in [9.17, 15) is 23.6 Å². The number of piperidine rings is 1. The number of halogens is 1. The highest BCUT2D eigenvalue weighted by Gasteiger charge is 2.46. The van der Waals surface area contributed by atoms with E-state index in [-0.39, 0.29) is 24.0 Å². The van der Waals surface area contributed by atoms with Crippen LogP contribution in [0.3, 0.4) is 0 Å². The lowest BCUT2D eigenvalue weighted by atomic mass is 9.82. The van der Waals surface area contributed by atoms with E-state index < -0.39 is 40.9 Å². The first-order valence-electron chi connectivity index (χ1n) is 7.67. The molecule has 24 heavy (non-hydrogen) atoms. The van der Waals surface area contributed by atoms with Crippen LogP contribution in [0.15, 0.2) is 12.1 Å². The number of amides is 4. The van der Waals surface area contributed by atoms with Gasteiger partial charge in [0.05, 0.1) is 11.1 Å². The number of hydrogen-bond donors (Lipinski definition) is 1. The van der Waals surface area contributed by atoms with E-state index in [1.54, 1.807) is 0 Å². The van der Waals surface area contributed by atoms with E-state index in [1.807, 2.05) is 20.8 Å². The molecule has 0 saturated carbocycles. The Bertz CT molecular complexity index is 795. The summed E-state index contributed by atoms with van der Waals surface area (Å²) >= 11 is 0. The monoisotopic (exact) mass is 332 g/mol. The van der Waals surface area contributed by atoms with Gasteiger partial charge in [-0.15, -0.1) is 0 Å². The van der Waals surface area contributed by atoms with Gasteiger partial charge in [-0.2, -0.15) is 0 Å².